The van der Waals surface area contributed by atoms with Crippen molar-refractivity contribution in [3.8, 4) is 5.75 Å². The highest BCUT2D eigenvalue weighted by molar-refractivity contribution is 7.91. The van der Waals surface area contributed by atoms with Crippen molar-refractivity contribution >= 4 is 9.84 Å². The second-order valence-corrected chi connectivity index (χ2v) is 8.94. The first-order valence-corrected chi connectivity index (χ1v) is 10.7. The van der Waals surface area contributed by atoms with Gasteiger partial charge in [-0.05, 0) is 24.6 Å². The van der Waals surface area contributed by atoms with E-state index in [9.17, 15) is 8.42 Å². The molecule has 0 radical (unpaired) electrons. The summed E-state index contributed by atoms with van der Waals surface area (Å²) in [5, 5.41) is 0. The van der Waals surface area contributed by atoms with Crippen LogP contribution in [0.3, 0.4) is 0 Å². The number of fused-ring (bicyclic) bond motifs is 1. The lowest BCUT2D eigenvalue weighted by Crippen LogP contribution is -2.59. The first kappa shape index (κ1) is 18.6. The molecule has 2 atom stereocenters. The third-order valence-electron chi connectivity index (χ3n) is 5.11. The molecule has 0 bridgehead atoms. The van der Waals surface area contributed by atoms with E-state index in [1.54, 1.807) is 7.11 Å². The summed E-state index contributed by atoms with van der Waals surface area (Å²) in [5.41, 5.74) is 1.19. The Balaban J connectivity index is 1.70. The minimum Gasteiger partial charge on any atom is -0.494 e. The van der Waals surface area contributed by atoms with Gasteiger partial charge in [0.1, 0.15) is 5.75 Å². The monoisotopic (exact) mass is 368 g/mol. The Morgan fingerprint density at radius 3 is 2.36 bits per heavy atom. The van der Waals surface area contributed by atoms with Gasteiger partial charge in [0.05, 0.1) is 24.7 Å². The van der Waals surface area contributed by atoms with E-state index in [4.69, 9.17) is 9.47 Å². The molecule has 2 fully saturated rings. The molecule has 3 rings (SSSR count). The second kappa shape index (κ2) is 8.03. The molecule has 1 aromatic carbocycles. The van der Waals surface area contributed by atoms with Crippen LogP contribution in [0.4, 0.5) is 0 Å². The number of methoxy groups -OCH3 is 1. The van der Waals surface area contributed by atoms with Crippen LogP contribution in [0.5, 0.6) is 5.75 Å². The molecule has 0 aliphatic carbocycles. The van der Waals surface area contributed by atoms with E-state index in [1.807, 2.05) is 19.1 Å². The maximum atomic E-state index is 12.2. The maximum absolute atomic E-state index is 12.2. The lowest BCUT2D eigenvalue weighted by Gasteiger charge is -2.44. The van der Waals surface area contributed by atoms with Gasteiger partial charge in [-0.15, -0.1) is 0 Å². The fourth-order valence-electron chi connectivity index (χ4n) is 3.87. The van der Waals surface area contributed by atoms with Crippen molar-refractivity contribution in [3.63, 3.8) is 0 Å². The lowest BCUT2D eigenvalue weighted by molar-refractivity contribution is 0.0253. The predicted molar refractivity (Wildman–Crippen MR) is 97.7 cm³/mol. The van der Waals surface area contributed by atoms with Crippen LogP contribution >= 0.6 is 0 Å². The van der Waals surface area contributed by atoms with Crippen LogP contribution in [-0.4, -0.2) is 81.8 Å². The van der Waals surface area contributed by atoms with Crippen molar-refractivity contribution in [1.82, 2.24) is 9.80 Å². The van der Waals surface area contributed by atoms with Crippen LogP contribution in [-0.2, 0) is 21.1 Å². The van der Waals surface area contributed by atoms with E-state index in [0.29, 0.717) is 13.2 Å². The molecule has 0 N–H and O–H groups in total. The van der Waals surface area contributed by atoms with E-state index in [2.05, 4.69) is 21.9 Å². The molecule has 140 valence electrons. The molecule has 0 aromatic heterocycles. The van der Waals surface area contributed by atoms with Crippen molar-refractivity contribution in [2.75, 3.05) is 51.5 Å². The molecule has 7 heteroatoms. The van der Waals surface area contributed by atoms with Crippen LogP contribution in [0.15, 0.2) is 24.3 Å². The number of piperazine rings is 1. The van der Waals surface area contributed by atoms with Gasteiger partial charge in [0, 0.05) is 45.4 Å². The van der Waals surface area contributed by atoms with Crippen molar-refractivity contribution in [2.45, 2.75) is 25.6 Å². The van der Waals surface area contributed by atoms with E-state index in [1.165, 1.54) is 5.56 Å². The molecule has 2 heterocycles. The fraction of sp³-hybridized carbons (Fsp3) is 0.667. The Morgan fingerprint density at radius 1 is 1.08 bits per heavy atom. The topological polar surface area (TPSA) is 59.1 Å². The summed E-state index contributed by atoms with van der Waals surface area (Å²) in [6.07, 6.45) is 0. The van der Waals surface area contributed by atoms with Crippen molar-refractivity contribution in [3.05, 3.63) is 29.8 Å². The summed E-state index contributed by atoms with van der Waals surface area (Å²) < 4.78 is 35.1. The third kappa shape index (κ3) is 4.53. The second-order valence-electron chi connectivity index (χ2n) is 6.79. The number of hydrogen-bond acceptors (Lipinski definition) is 6. The molecule has 2 aliphatic heterocycles. The SMILES string of the molecule is CCOc1ccc(CN2CCN(CCOC)[C@@H]3CS(=O)(=O)C[C@@H]32)cc1. The quantitative estimate of drug-likeness (QED) is 0.716. The Labute approximate surface area is 150 Å². The summed E-state index contributed by atoms with van der Waals surface area (Å²) in [5.74, 6) is 1.40. The zero-order valence-electron chi connectivity index (χ0n) is 15.1. The highest BCUT2D eigenvalue weighted by Gasteiger charge is 2.46. The van der Waals surface area contributed by atoms with Gasteiger partial charge in [-0.25, -0.2) is 8.42 Å². The Kier molecular flexibility index (Phi) is 5.99. The number of nitrogens with zero attached hydrogens (tertiary/aromatic N) is 2. The molecule has 2 saturated heterocycles. The van der Waals surface area contributed by atoms with Crippen LogP contribution in [0, 0.1) is 0 Å². The smallest absolute Gasteiger partial charge is 0.153 e. The van der Waals surface area contributed by atoms with Gasteiger partial charge < -0.3 is 9.47 Å². The zero-order chi connectivity index (χ0) is 17.9. The lowest BCUT2D eigenvalue weighted by atomic mass is 10.0. The molecular formula is C18H28N2O4S. The average Bonchev–Trinajstić information content (AvgIpc) is 2.92. The van der Waals surface area contributed by atoms with Gasteiger partial charge in [-0.3, -0.25) is 9.80 Å². The van der Waals surface area contributed by atoms with Crippen LogP contribution < -0.4 is 4.74 Å². The summed E-state index contributed by atoms with van der Waals surface area (Å²) >= 11 is 0. The van der Waals surface area contributed by atoms with Gasteiger partial charge in [-0.2, -0.15) is 0 Å². The standard InChI is InChI=1S/C18H28N2O4S/c1-3-24-16-6-4-15(5-7-16)12-20-9-8-19(10-11-23-2)17-13-25(21,22)14-18(17)20/h4-7,17-18H,3,8-14H2,1-2H3/t17-,18+/m1/s1. The zero-order valence-corrected chi connectivity index (χ0v) is 15.9. The Bertz CT molecular complexity index is 662. The van der Waals surface area contributed by atoms with E-state index < -0.39 is 9.84 Å². The normalized spacial score (nSPS) is 26.5. The van der Waals surface area contributed by atoms with E-state index in [0.717, 1.165) is 31.9 Å². The summed E-state index contributed by atoms with van der Waals surface area (Å²) in [6.45, 7) is 6.61. The highest BCUT2D eigenvalue weighted by Crippen LogP contribution is 2.28. The van der Waals surface area contributed by atoms with E-state index >= 15 is 0 Å². The molecule has 2 aliphatic rings. The van der Waals surface area contributed by atoms with Crippen molar-refractivity contribution < 1.29 is 17.9 Å². The largest absolute Gasteiger partial charge is 0.494 e. The molecule has 0 unspecified atom stereocenters. The van der Waals surface area contributed by atoms with E-state index in [-0.39, 0.29) is 23.6 Å². The van der Waals surface area contributed by atoms with Gasteiger partial charge in [0.2, 0.25) is 0 Å². The first-order chi connectivity index (χ1) is 12.0. The predicted octanol–water partition coefficient (Wildman–Crippen LogP) is 1.01. The van der Waals surface area contributed by atoms with Gasteiger partial charge in [0.25, 0.3) is 0 Å². The minimum absolute atomic E-state index is 0.0715. The average molecular weight is 368 g/mol. The maximum Gasteiger partial charge on any atom is 0.153 e. The molecule has 0 saturated carbocycles. The van der Waals surface area contributed by atoms with Gasteiger partial charge in [-0.1, -0.05) is 12.1 Å². The Morgan fingerprint density at radius 2 is 1.72 bits per heavy atom. The number of sulfone groups is 1. The minimum atomic E-state index is -2.97. The molecule has 6 nitrogen and oxygen atoms in total. The number of benzene rings is 1. The fourth-order valence-corrected chi connectivity index (χ4v) is 5.91. The van der Waals surface area contributed by atoms with Crippen molar-refractivity contribution in [1.29, 1.82) is 0 Å². The molecular weight excluding hydrogens is 340 g/mol. The molecule has 25 heavy (non-hydrogen) atoms. The molecule has 1 aromatic rings. The van der Waals surface area contributed by atoms with Gasteiger partial charge in [0.15, 0.2) is 9.84 Å². The van der Waals surface area contributed by atoms with Crippen molar-refractivity contribution in [2.24, 2.45) is 0 Å². The first-order valence-electron chi connectivity index (χ1n) is 8.91. The molecule has 0 spiro atoms. The van der Waals surface area contributed by atoms with Crippen LogP contribution in [0.2, 0.25) is 0 Å². The number of ether oxygens (including phenoxy) is 2. The third-order valence-corrected chi connectivity index (χ3v) is 6.81. The summed E-state index contributed by atoms with van der Waals surface area (Å²) in [6, 6.07) is 8.26. The highest BCUT2D eigenvalue weighted by atomic mass is 32.2. The summed E-state index contributed by atoms with van der Waals surface area (Å²) in [7, 11) is -1.28. The molecule has 0 amide bonds. The Hall–Kier alpha value is -1.15. The number of rotatable bonds is 7. The summed E-state index contributed by atoms with van der Waals surface area (Å²) in [4.78, 5) is 4.61. The van der Waals surface area contributed by atoms with Crippen LogP contribution in [0.1, 0.15) is 12.5 Å². The van der Waals surface area contributed by atoms with Crippen LogP contribution in [0.25, 0.3) is 0 Å². The number of hydrogen-bond donors (Lipinski definition) is 0. The van der Waals surface area contributed by atoms with Gasteiger partial charge >= 0.3 is 0 Å².